The number of carbonyl (C=O) groups is 1. The normalized spacial score (nSPS) is 11.2. The average molecular weight is 494 g/mol. The number of imidazole rings is 1. The van der Waals surface area contributed by atoms with Crippen molar-refractivity contribution in [2.45, 2.75) is 0 Å². The fraction of sp³-hybridized carbons (Fsp3) is 0.0370. The van der Waals surface area contributed by atoms with Gasteiger partial charge in [0.2, 0.25) is 5.91 Å². The first kappa shape index (κ1) is 23.5. The van der Waals surface area contributed by atoms with E-state index in [0.717, 1.165) is 0 Å². The van der Waals surface area contributed by atoms with Crippen molar-refractivity contribution in [3.05, 3.63) is 108 Å². The van der Waals surface area contributed by atoms with Gasteiger partial charge in [-0.2, -0.15) is 0 Å². The fourth-order valence-corrected chi connectivity index (χ4v) is 3.89. The van der Waals surface area contributed by atoms with Gasteiger partial charge in [0, 0.05) is 18.3 Å². The van der Waals surface area contributed by atoms with Gasteiger partial charge in [-0.1, -0.05) is 30.3 Å². The Labute approximate surface area is 211 Å². The summed E-state index contributed by atoms with van der Waals surface area (Å²) < 4.78 is 8.74. The summed E-state index contributed by atoms with van der Waals surface area (Å²) in [5.41, 5.74) is 13.5. The van der Waals surface area contributed by atoms with Crippen LogP contribution >= 0.6 is 0 Å². The van der Waals surface area contributed by atoms with Crippen LogP contribution in [-0.4, -0.2) is 31.6 Å². The number of amides is 1. The van der Waals surface area contributed by atoms with E-state index in [9.17, 15) is 9.59 Å². The molecule has 0 saturated carbocycles. The minimum absolute atomic E-state index is 0.154. The second-order valence-corrected chi connectivity index (χ2v) is 7.97. The van der Waals surface area contributed by atoms with Gasteiger partial charge in [0.25, 0.3) is 0 Å². The molecular formula is C27H23N7O3. The molecule has 2 heterocycles. The van der Waals surface area contributed by atoms with Gasteiger partial charge in [-0.15, -0.1) is 0 Å². The van der Waals surface area contributed by atoms with Gasteiger partial charge in [-0.05, 0) is 54.6 Å². The Kier molecular flexibility index (Phi) is 6.47. The Hall–Kier alpha value is -5.22. The van der Waals surface area contributed by atoms with Crippen LogP contribution in [0.15, 0.2) is 102 Å². The Morgan fingerprint density at radius 1 is 0.919 bits per heavy atom. The molecule has 5 rings (SSSR count). The molecule has 5 N–H and O–H groups in total. The topological polar surface area (TPSA) is 143 Å². The summed E-state index contributed by atoms with van der Waals surface area (Å²) in [4.78, 5) is 34.3. The van der Waals surface area contributed by atoms with E-state index in [1.54, 1.807) is 54.6 Å². The number of anilines is 2. The first-order valence-electron chi connectivity index (χ1n) is 11.4. The molecule has 0 unspecified atom stereocenters. The van der Waals surface area contributed by atoms with Crippen molar-refractivity contribution >= 4 is 28.6 Å². The molecule has 3 aromatic carbocycles. The second kappa shape index (κ2) is 10.2. The number of nitrogens with two attached hydrogens (primary N) is 2. The van der Waals surface area contributed by atoms with E-state index >= 15 is 0 Å². The van der Waals surface area contributed by atoms with Gasteiger partial charge < -0.3 is 21.5 Å². The number of benzene rings is 3. The molecule has 2 aromatic heterocycles. The van der Waals surface area contributed by atoms with Gasteiger partial charge in [0.05, 0.1) is 11.4 Å². The number of nitrogens with one attached hydrogen (secondary N) is 1. The minimum atomic E-state index is -0.398. The molecule has 0 aliphatic rings. The molecular weight excluding hydrogens is 470 g/mol. The van der Waals surface area contributed by atoms with Crippen LogP contribution in [0.5, 0.6) is 11.5 Å². The lowest BCUT2D eigenvalue weighted by Gasteiger charge is -2.08. The van der Waals surface area contributed by atoms with Crippen molar-refractivity contribution < 1.29 is 9.53 Å². The molecule has 0 fully saturated rings. The first-order chi connectivity index (χ1) is 18.0. The molecule has 0 spiro atoms. The van der Waals surface area contributed by atoms with Crippen molar-refractivity contribution in [3.63, 3.8) is 0 Å². The zero-order chi connectivity index (χ0) is 25.8. The van der Waals surface area contributed by atoms with E-state index < -0.39 is 5.69 Å². The third-order valence-electron chi connectivity index (χ3n) is 5.50. The van der Waals surface area contributed by atoms with Crippen molar-refractivity contribution in [1.82, 2.24) is 19.1 Å². The number of aromatic nitrogens is 4. The van der Waals surface area contributed by atoms with E-state index in [4.69, 9.17) is 16.2 Å². The predicted octanol–water partition coefficient (Wildman–Crippen LogP) is 3.40. The number of nitrogen functional groups attached to an aromatic ring is 1. The van der Waals surface area contributed by atoms with E-state index in [0.29, 0.717) is 39.7 Å². The standard InChI is InChI=1S/C27H23N7O3/c28-15-5-10-23(35)32-18-6-4-7-20(16-18)34-26-24(25(29)30-17-31-26)33(27(34)36)19-11-13-22(14-12-19)37-21-8-2-1-3-9-21/h1-14,16-17H,15,28H2,(H,32,35)(H2,29,30,31)/b10-5+. The Balaban J connectivity index is 1.57. The van der Waals surface area contributed by atoms with Crippen molar-refractivity contribution in [1.29, 1.82) is 0 Å². The van der Waals surface area contributed by atoms with Crippen molar-refractivity contribution in [2.24, 2.45) is 5.73 Å². The lowest BCUT2D eigenvalue weighted by atomic mass is 10.2. The van der Waals surface area contributed by atoms with Gasteiger partial charge >= 0.3 is 5.69 Å². The van der Waals surface area contributed by atoms with E-state index in [1.807, 2.05) is 30.3 Å². The molecule has 0 atom stereocenters. The third-order valence-corrected chi connectivity index (χ3v) is 5.50. The summed E-state index contributed by atoms with van der Waals surface area (Å²) in [6.45, 7) is 0.253. The first-order valence-corrected chi connectivity index (χ1v) is 11.4. The number of nitrogens with zero attached hydrogens (tertiary/aromatic N) is 4. The highest BCUT2D eigenvalue weighted by atomic mass is 16.5. The molecule has 5 aromatic rings. The molecule has 0 saturated heterocycles. The highest BCUT2D eigenvalue weighted by Crippen LogP contribution is 2.26. The summed E-state index contributed by atoms with van der Waals surface area (Å²) in [6.07, 6.45) is 4.20. The molecule has 10 nitrogen and oxygen atoms in total. The maximum Gasteiger partial charge on any atom is 0.339 e. The molecule has 0 aliphatic carbocycles. The van der Waals surface area contributed by atoms with Crippen LogP contribution in [0.4, 0.5) is 11.5 Å². The summed E-state index contributed by atoms with van der Waals surface area (Å²) in [6, 6.07) is 23.3. The predicted molar refractivity (Wildman–Crippen MR) is 142 cm³/mol. The number of ether oxygens (including phenoxy) is 1. The zero-order valence-corrected chi connectivity index (χ0v) is 19.6. The van der Waals surface area contributed by atoms with Crippen LogP contribution in [0, 0.1) is 0 Å². The van der Waals surface area contributed by atoms with Crippen LogP contribution in [0.2, 0.25) is 0 Å². The highest BCUT2D eigenvalue weighted by molar-refractivity contribution is 5.99. The monoisotopic (exact) mass is 493 g/mol. The van der Waals surface area contributed by atoms with Gasteiger partial charge in [-0.3, -0.25) is 9.36 Å². The summed E-state index contributed by atoms with van der Waals surface area (Å²) in [7, 11) is 0. The fourth-order valence-electron chi connectivity index (χ4n) is 3.89. The molecule has 10 heteroatoms. The average Bonchev–Trinajstić information content (AvgIpc) is 3.21. The number of carbonyl (C=O) groups excluding carboxylic acids is 1. The smallest absolute Gasteiger partial charge is 0.339 e. The maximum absolute atomic E-state index is 13.8. The van der Waals surface area contributed by atoms with Crippen molar-refractivity contribution in [2.75, 3.05) is 17.6 Å². The maximum atomic E-state index is 13.8. The van der Waals surface area contributed by atoms with Gasteiger partial charge in [-0.25, -0.2) is 19.3 Å². The molecule has 0 radical (unpaired) electrons. The largest absolute Gasteiger partial charge is 0.457 e. The quantitative estimate of drug-likeness (QED) is 0.295. The third kappa shape index (κ3) is 4.81. The lowest BCUT2D eigenvalue weighted by molar-refractivity contribution is -0.111. The molecule has 1 amide bonds. The summed E-state index contributed by atoms with van der Waals surface area (Å²) >= 11 is 0. The summed E-state index contributed by atoms with van der Waals surface area (Å²) in [5.74, 6) is 1.14. The molecule has 37 heavy (non-hydrogen) atoms. The molecule has 184 valence electrons. The van der Waals surface area contributed by atoms with E-state index in [-0.39, 0.29) is 18.3 Å². The molecule has 0 aliphatic heterocycles. The van der Waals surface area contributed by atoms with Crippen molar-refractivity contribution in [3.8, 4) is 22.9 Å². The van der Waals surface area contributed by atoms with E-state index in [2.05, 4.69) is 15.3 Å². The van der Waals surface area contributed by atoms with Gasteiger partial charge in [0.15, 0.2) is 11.5 Å². The lowest BCUT2D eigenvalue weighted by Crippen LogP contribution is -2.22. The van der Waals surface area contributed by atoms with Crippen LogP contribution in [0.25, 0.3) is 22.5 Å². The number of hydrogen-bond donors (Lipinski definition) is 3. The summed E-state index contributed by atoms with van der Waals surface area (Å²) in [5, 5.41) is 2.76. The minimum Gasteiger partial charge on any atom is -0.457 e. The highest BCUT2D eigenvalue weighted by Gasteiger charge is 2.20. The number of para-hydroxylation sites is 1. The number of rotatable bonds is 7. The van der Waals surface area contributed by atoms with Crippen LogP contribution in [-0.2, 0) is 4.79 Å². The van der Waals surface area contributed by atoms with Crippen LogP contribution < -0.4 is 27.2 Å². The van der Waals surface area contributed by atoms with E-state index in [1.165, 1.54) is 21.5 Å². The van der Waals surface area contributed by atoms with Crippen LogP contribution in [0.3, 0.4) is 0 Å². The van der Waals surface area contributed by atoms with Crippen LogP contribution in [0.1, 0.15) is 0 Å². The zero-order valence-electron chi connectivity index (χ0n) is 19.6. The molecule has 0 bridgehead atoms. The Morgan fingerprint density at radius 2 is 1.68 bits per heavy atom. The number of fused-ring (bicyclic) bond motifs is 1. The Morgan fingerprint density at radius 3 is 2.43 bits per heavy atom. The van der Waals surface area contributed by atoms with Gasteiger partial charge in [0.1, 0.15) is 23.3 Å². The Bertz CT molecular complexity index is 1660. The number of hydrogen-bond acceptors (Lipinski definition) is 7. The SMILES string of the molecule is NC/C=C/C(=O)Nc1cccc(-n2c(=O)n(-c3ccc(Oc4ccccc4)cc3)c3c(N)ncnc32)c1. The second-order valence-electron chi connectivity index (χ2n) is 7.97.